The summed E-state index contributed by atoms with van der Waals surface area (Å²) in [6.45, 7) is 8.73. The van der Waals surface area contributed by atoms with E-state index in [1.165, 1.54) is 0 Å². The van der Waals surface area contributed by atoms with Crippen LogP contribution in [0, 0.1) is 0 Å². The van der Waals surface area contributed by atoms with Gasteiger partial charge in [-0.1, -0.05) is 47.5 Å². The van der Waals surface area contributed by atoms with Gasteiger partial charge in [0.1, 0.15) is 17.6 Å². The molecule has 0 bridgehead atoms. The number of hydrogen-bond donors (Lipinski definition) is 0. The zero-order valence-corrected chi connectivity index (χ0v) is 32.5. The Labute approximate surface area is 331 Å². The molecule has 7 rings (SSSR count). The van der Waals surface area contributed by atoms with Gasteiger partial charge in [0, 0.05) is 68.0 Å². The molecule has 3 saturated heterocycles. The van der Waals surface area contributed by atoms with Crippen molar-refractivity contribution in [2.24, 2.45) is 4.99 Å². The Morgan fingerprint density at radius 1 is 0.741 bits per heavy atom. The van der Waals surface area contributed by atoms with Crippen LogP contribution in [0.3, 0.4) is 0 Å². The van der Waals surface area contributed by atoms with Gasteiger partial charge in [-0.3, -0.25) is 24.4 Å². The van der Waals surface area contributed by atoms with Crippen LogP contribution in [0.5, 0.6) is 5.75 Å². The van der Waals surface area contributed by atoms with Crippen LogP contribution < -0.4 is 4.74 Å². The van der Waals surface area contributed by atoms with E-state index in [1.54, 1.807) is 28.0 Å². The molecule has 0 aromatic heterocycles. The number of nitrogens with zero attached hydrogens (tertiary/aromatic N) is 6. The highest BCUT2D eigenvalue weighted by Crippen LogP contribution is 2.45. The second kappa shape index (κ2) is 18.1. The van der Waals surface area contributed by atoms with Crippen LogP contribution in [0.2, 0.25) is 10.0 Å². The van der Waals surface area contributed by atoms with Crippen LogP contribution in [-0.4, -0.2) is 140 Å². The first-order chi connectivity index (χ1) is 25.8. The van der Waals surface area contributed by atoms with Crippen LogP contribution in [0.1, 0.15) is 46.1 Å². The molecule has 2 atom stereocenters. The number of halogens is 3. The highest BCUT2D eigenvalue weighted by molar-refractivity contribution is 6.30. The van der Waals surface area contributed by atoms with Gasteiger partial charge >= 0.3 is 6.03 Å². The molecule has 4 aliphatic rings. The van der Waals surface area contributed by atoms with E-state index >= 15 is 4.79 Å². The van der Waals surface area contributed by atoms with Crippen LogP contribution >= 0.6 is 35.6 Å². The van der Waals surface area contributed by atoms with Gasteiger partial charge in [-0.25, -0.2) is 4.79 Å². The first-order valence-corrected chi connectivity index (χ1v) is 18.9. The lowest BCUT2D eigenvalue weighted by Crippen LogP contribution is -2.56. The lowest BCUT2D eigenvalue weighted by Gasteiger charge is -2.39. The standard InChI is InChI=1S/C39H44Cl2N6O6.ClH/c1-2-53-33-12-7-29(38(49)45-19-23-52-24-20-45)25-32(33)37-42-35(27-3-8-30(40)9-4-27)36(28-5-10-31(41)11-6-28)47(37)39(50)46-15-13-43(14-16-46)26-34(48)44-17-21-51-22-18-44;/h3-12,25,35-36H,2,13-24,26H2,1H3;1H/t35-,36+;/m0./s1. The minimum Gasteiger partial charge on any atom is -0.493 e. The Hall–Kier alpha value is -3.91. The molecule has 288 valence electrons. The number of morpholine rings is 2. The number of urea groups is 1. The van der Waals surface area contributed by atoms with E-state index in [0.29, 0.717) is 125 Å². The Balaban J connectivity index is 0.00000497. The van der Waals surface area contributed by atoms with Crippen molar-refractivity contribution in [1.82, 2.24) is 24.5 Å². The molecule has 0 spiro atoms. The molecule has 15 heteroatoms. The molecule has 0 unspecified atom stereocenters. The number of ether oxygens (including phenoxy) is 3. The van der Waals surface area contributed by atoms with Crippen molar-refractivity contribution in [3.8, 4) is 5.75 Å². The molecule has 4 heterocycles. The quantitative estimate of drug-likeness (QED) is 0.300. The number of rotatable bonds is 8. The summed E-state index contributed by atoms with van der Waals surface area (Å²) in [6, 6.07) is 19.0. The van der Waals surface area contributed by atoms with Crippen LogP contribution in [-0.2, 0) is 14.3 Å². The molecule has 4 aliphatic heterocycles. The van der Waals surface area contributed by atoms with E-state index in [9.17, 15) is 9.59 Å². The number of hydrogen-bond acceptors (Lipinski definition) is 8. The fourth-order valence-corrected chi connectivity index (χ4v) is 7.53. The fraction of sp³-hybridized carbons (Fsp3) is 0.436. The topological polar surface area (TPSA) is 107 Å². The predicted molar refractivity (Wildman–Crippen MR) is 209 cm³/mol. The van der Waals surface area contributed by atoms with Crippen molar-refractivity contribution in [2.45, 2.75) is 19.0 Å². The van der Waals surface area contributed by atoms with E-state index in [1.807, 2.05) is 65.3 Å². The lowest BCUT2D eigenvalue weighted by atomic mass is 9.93. The average molecular weight is 800 g/mol. The summed E-state index contributed by atoms with van der Waals surface area (Å²) in [6.07, 6.45) is 0. The van der Waals surface area contributed by atoms with Gasteiger partial charge in [0.15, 0.2) is 0 Å². The van der Waals surface area contributed by atoms with Crippen molar-refractivity contribution in [2.75, 3.05) is 91.9 Å². The highest BCUT2D eigenvalue weighted by atomic mass is 35.5. The molecule has 0 N–H and O–H groups in total. The van der Waals surface area contributed by atoms with Crippen LogP contribution in [0.15, 0.2) is 71.7 Å². The minimum absolute atomic E-state index is 0. The lowest BCUT2D eigenvalue weighted by molar-refractivity contribution is -0.136. The summed E-state index contributed by atoms with van der Waals surface area (Å²) in [5.41, 5.74) is 2.73. The number of carbonyl (C=O) groups is 3. The summed E-state index contributed by atoms with van der Waals surface area (Å²) in [5.74, 6) is 0.867. The van der Waals surface area contributed by atoms with Gasteiger partial charge in [-0.05, 0) is 60.5 Å². The maximum Gasteiger partial charge on any atom is 0.326 e. The van der Waals surface area contributed by atoms with Crippen molar-refractivity contribution < 1.29 is 28.6 Å². The number of piperazine rings is 1. The monoisotopic (exact) mass is 798 g/mol. The normalized spacial score (nSPS) is 20.7. The number of benzene rings is 3. The molecule has 0 radical (unpaired) electrons. The van der Waals surface area contributed by atoms with E-state index in [-0.39, 0.29) is 30.3 Å². The van der Waals surface area contributed by atoms with Crippen LogP contribution in [0.4, 0.5) is 4.79 Å². The Morgan fingerprint density at radius 3 is 1.91 bits per heavy atom. The molecule has 12 nitrogen and oxygen atoms in total. The molecule has 3 fully saturated rings. The number of amides is 4. The molecule has 54 heavy (non-hydrogen) atoms. The van der Waals surface area contributed by atoms with Gasteiger partial charge in [-0.15, -0.1) is 12.4 Å². The summed E-state index contributed by atoms with van der Waals surface area (Å²) >= 11 is 12.7. The second-order valence-corrected chi connectivity index (χ2v) is 14.3. The largest absolute Gasteiger partial charge is 0.493 e. The van der Waals surface area contributed by atoms with E-state index < -0.39 is 12.1 Å². The summed E-state index contributed by atoms with van der Waals surface area (Å²) in [5, 5.41) is 1.16. The fourth-order valence-electron chi connectivity index (χ4n) is 7.28. The molecular formula is C39H45Cl3N6O6. The maximum atomic E-state index is 15.1. The summed E-state index contributed by atoms with van der Waals surface area (Å²) in [7, 11) is 0. The van der Waals surface area contributed by atoms with Crippen LogP contribution in [0.25, 0.3) is 0 Å². The third-order valence-corrected chi connectivity index (χ3v) is 10.6. The predicted octanol–water partition coefficient (Wildman–Crippen LogP) is 5.43. The third kappa shape index (κ3) is 8.80. The second-order valence-electron chi connectivity index (χ2n) is 13.4. The number of aliphatic imine (C=N–C) groups is 1. The van der Waals surface area contributed by atoms with E-state index in [4.69, 9.17) is 42.4 Å². The summed E-state index contributed by atoms with van der Waals surface area (Å²) in [4.78, 5) is 56.5. The Kier molecular flexibility index (Phi) is 13.4. The van der Waals surface area contributed by atoms with Gasteiger partial charge in [0.25, 0.3) is 5.91 Å². The van der Waals surface area contributed by atoms with Gasteiger partial charge in [-0.2, -0.15) is 0 Å². The average Bonchev–Trinajstić information content (AvgIpc) is 3.59. The number of carbonyl (C=O) groups excluding carboxylic acids is 3. The Morgan fingerprint density at radius 2 is 1.31 bits per heavy atom. The molecule has 3 aromatic carbocycles. The van der Waals surface area contributed by atoms with Crippen molar-refractivity contribution >= 4 is 59.3 Å². The summed E-state index contributed by atoms with van der Waals surface area (Å²) < 4.78 is 17.1. The highest BCUT2D eigenvalue weighted by Gasteiger charge is 2.45. The van der Waals surface area contributed by atoms with Crippen molar-refractivity contribution in [3.63, 3.8) is 0 Å². The molecule has 0 saturated carbocycles. The SMILES string of the molecule is CCOc1ccc(C(=O)N2CCOCC2)cc1C1=N[C@@H](c2ccc(Cl)cc2)[C@@H](c2ccc(Cl)cc2)N1C(=O)N1CCN(CC(=O)N2CCOCC2)CC1.Cl. The number of amidine groups is 1. The first-order valence-electron chi connectivity index (χ1n) is 18.2. The van der Waals surface area contributed by atoms with Gasteiger partial charge < -0.3 is 28.9 Å². The van der Waals surface area contributed by atoms with E-state index in [0.717, 1.165) is 11.1 Å². The smallest absolute Gasteiger partial charge is 0.326 e. The minimum atomic E-state index is -0.565. The van der Waals surface area contributed by atoms with Crippen molar-refractivity contribution in [3.05, 3.63) is 99.0 Å². The van der Waals surface area contributed by atoms with Crippen molar-refractivity contribution in [1.29, 1.82) is 0 Å². The molecular weight excluding hydrogens is 755 g/mol. The van der Waals surface area contributed by atoms with Gasteiger partial charge in [0.05, 0.1) is 51.2 Å². The molecule has 0 aliphatic carbocycles. The van der Waals surface area contributed by atoms with E-state index in [2.05, 4.69) is 4.90 Å². The third-order valence-electron chi connectivity index (χ3n) is 10.1. The first kappa shape index (κ1) is 39.8. The Bertz CT molecular complexity index is 1810. The zero-order chi connectivity index (χ0) is 36.9. The maximum absolute atomic E-state index is 15.1. The van der Waals surface area contributed by atoms with Gasteiger partial charge in [0.2, 0.25) is 5.91 Å². The molecule has 4 amide bonds. The molecule has 3 aromatic rings. The zero-order valence-electron chi connectivity index (χ0n) is 30.2.